The van der Waals surface area contributed by atoms with Gasteiger partial charge in [0, 0.05) is 11.8 Å². The third-order valence-electron chi connectivity index (χ3n) is 1.45. The topological polar surface area (TPSA) is 46.2 Å². The number of sulfonamides is 1. The highest BCUT2D eigenvalue weighted by Gasteiger charge is 2.00. The van der Waals surface area contributed by atoms with E-state index in [-0.39, 0.29) is 0 Å². The van der Waals surface area contributed by atoms with Gasteiger partial charge in [0.05, 0.1) is 6.26 Å². The smallest absolute Gasteiger partial charge is 0.229 e. The van der Waals surface area contributed by atoms with Crippen LogP contribution in [0.25, 0.3) is 5.83 Å². The first kappa shape index (κ1) is 10.7. The van der Waals surface area contributed by atoms with Crippen molar-refractivity contribution in [2.75, 3.05) is 6.26 Å². The van der Waals surface area contributed by atoms with Crippen molar-refractivity contribution in [3.8, 4) is 0 Å². The summed E-state index contributed by atoms with van der Waals surface area (Å²) < 4.78 is 36.4. The van der Waals surface area contributed by atoms with Gasteiger partial charge in [0.2, 0.25) is 10.0 Å². The molecule has 0 unspecified atom stereocenters. The van der Waals surface area contributed by atoms with Crippen LogP contribution < -0.4 is 4.72 Å². The molecule has 76 valence electrons. The molecule has 0 aliphatic rings. The highest BCUT2D eigenvalue weighted by molar-refractivity contribution is 7.88. The molecule has 0 amide bonds. The van der Waals surface area contributed by atoms with Crippen LogP contribution in [0.2, 0.25) is 0 Å². The molecule has 0 saturated carbocycles. The summed E-state index contributed by atoms with van der Waals surface area (Å²) in [7, 11) is -3.39. The number of rotatable bonds is 3. The van der Waals surface area contributed by atoms with Crippen molar-refractivity contribution in [3.05, 3.63) is 42.1 Å². The van der Waals surface area contributed by atoms with Gasteiger partial charge in [0.1, 0.15) is 5.83 Å². The normalized spacial score (nSPS) is 12.6. The summed E-state index contributed by atoms with van der Waals surface area (Å²) in [6.07, 6.45) is 1.78. The van der Waals surface area contributed by atoms with Gasteiger partial charge < -0.3 is 0 Å². The van der Waals surface area contributed by atoms with Gasteiger partial charge in [-0.15, -0.1) is 0 Å². The summed E-state index contributed by atoms with van der Waals surface area (Å²) in [5.74, 6) is -0.615. The van der Waals surface area contributed by atoms with E-state index in [9.17, 15) is 12.8 Å². The maximum absolute atomic E-state index is 13.2. The molecular formula is C9H10FNO2S. The quantitative estimate of drug-likeness (QED) is 0.830. The standard InChI is InChI=1S/C9H10FNO2S/c1-14(12,13)11-7-9(10)8-5-3-2-4-6-8/h2-7,11H,1H3/b9-7+. The molecule has 0 aliphatic carbocycles. The lowest BCUT2D eigenvalue weighted by Crippen LogP contribution is -2.15. The molecule has 1 aromatic carbocycles. The zero-order valence-electron chi connectivity index (χ0n) is 7.57. The van der Waals surface area contributed by atoms with Gasteiger partial charge in [0.15, 0.2) is 0 Å². The lowest BCUT2D eigenvalue weighted by atomic mass is 10.2. The second-order valence-electron chi connectivity index (χ2n) is 2.75. The molecule has 1 rings (SSSR count). The van der Waals surface area contributed by atoms with Gasteiger partial charge in [0.25, 0.3) is 0 Å². The SMILES string of the molecule is CS(=O)(=O)N/C=C(/F)c1ccccc1. The van der Waals surface area contributed by atoms with E-state index in [1.807, 2.05) is 4.72 Å². The zero-order valence-corrected chi connectivity index (χ0v) is 8.38. The fourth-order valence-corrected chi connectivity index (χ4v) is 1.16. The first-order valence-electron chi connectivity index (χ1n) is 3.87. The minimum absolute atomic E-state index is 0.337. The maximum Gasteiger partial charge on any atom is 0.229 e. The summed E-state index contributed by atoms with van der Waals surface area (Å²) in [6.45, 7) is 0. The van der Waals surface area contributed by atoms with Crippen molar-refractivity contribution in [2.45, 2.75) is 0 Å². The van der Waals surface area contributed by atoms with E-state index >= 15 is 0 Å². The van der Waals surface area contributed by atoms with Crippen molar-refractivity contribution in [1.82, 2.24) is 4.72 Å². The predicted octanol–water partition coefficient (Wildman–Crippen LogP) is 1.50. The van der Waals surface area contributed by atoms with Gasteiger partial charge in [-0.1, -0.05) is 30.3 Å². The van der Waals surface area contributed by atoms with Gasteiger partial charge in [-0.3, -0.25) is 4.72 Å². The molecule has 3 nitrogen and oxygen atoms in total. The summed E-state index contributed by atoms with van der Waals surface area (Å²) in [6, 6.07) is 8.19. The van der Waals surface area contributed by atoms with Crippen molar-refractivity contribution in [3.63, 3.8) is 0 Å². The molecule has 1 N–H and O–H groups in total. The first-order valence-corrected chi connectivity index (χ1v) is 5.76. The second-order valence-corrected chi connectivity index (χ2v) is 4.53. The molecule has 0 radical (unpaired) electrons. The number of benzene rings is 1. The Balaban J connectivity index is 2.81. The van der Waals surface area contributed by atoms with Gasteiger partial charge in [-0.25, -0.2) is 12.8 Å². The van der Waals surface area contributed by atoms with E-state index in [1.165, 1.54) is 0 Å². The largest absolute Gasteiger partial charge is 0.288 e. The molecule has 0 aromatic heterocycles. The second kappa shape index (κ2) is 4.23. The minimum Gasteiger partial charge on any atom is -0.288 e. The van der Waals surface area contributed by atoms with Crippen molar-refractivity contribution >= 4 is 15.9 Å². The summed E-state index contributed by atoms with van der Waals surface area (Å²) in [5, 5.41) is 0. The van der Waals surface area contributed by atoms with E-state index in [0.29, 0.717) is 5.56 Å². The molecule has 0 aliphatic heterocycles. The van der Waals surface area contributed by atoms with Gasteiger partial charge in [-0.2, -0.15) is 0 Å². The van der Waals surface area contributed by atoms with Crippen LogP contribution in [0.1, 0.15) is 5.56 Å². The Labute approximate surface area is 82.3 Å². The van der Waals surface area contributed by atoms with Crippen molar-refractivity contribution in [1.29, 1.82) is 0 Å². The third kappa shape index (κ3) is 3.57. The molecule has 0 spiro atoms. The van der Waals surface area contributed by atoms with E-state index in [1.54, 1.807) is 30.3 Å². The summed E-state index contributed by atoms with van der Waals surface area (Å²) in [5.41, 5.74) is 0.337. The predicted molar refractivity (Wildman–Crippen MR) is 53.5 cm³/mol. The average Bonchev–Trinajstić information content (AvgIpc) is 2.14. The number of hydrogen-bond donors (Lipinski definition) is 1. The molecule has 5 heteroatoms. The highest BCUT2D eigenvalue weighted by atomic mass is 32.2. The Morgan fingerprint density at radius 3 is 2.43 bits per heavy atom. The van der Waals surface area contributed by atoms with Crippen LogP contribution >= 0.6 is 0 Å². The molecule has 14 heavy (non-hydrogen) atoms. The number of hydrogen-bond acceptors (Lipinski definition) is 2. The summed E-state index contributed by atoms with van der Waals surface area (Å²) >= 11 is 0. The van der Waals surface area contributed by atoms with Gasteiger partial charge in [-0.05, 0) is 0 Å². The fraction of sp³-hybridized carbons (Fsp3) is 0.111. The Morgan fingerprint density at radius 1 is 1.36 bits per heavy atom. The van der Waals surface area contributed by atoms with Crippen LogP contribution in [0, 0.1) is 0 Å². The first-order chi connectivity index (χ1) is 6.49. The molecular weight excluding hydrogens is 205 g/mol. The molecule has 0 fully saturated rings. The van der Waals surface area contributed by atoms with E-state index in [4.69, 9.17) is 0 Å². The van der Waals surface area contributed by atoms with Crippen molar-refractivity contribution in [2.24, 2.45) is 0 Å². The Hall–Kier alpha value is -1.36. The van der Waals surface area contributed by atoms with Crippen LogP contribution in [0.15, 0.2) is 36.5 Å². The fourth-order valence-electron chi connectivity index (χ4n) is 0.839. The maximum atomic E-state index is 13.2. The molecule has 0 bridgehead atoms. The van der Waals surface area contributed by atoms with E-state index in [2.05, 4.69) is 0 Å². The van der Waals surface area contributed by atoms with Gasteiger partial charge >= 0.3 is 0 Å². The van der Waals surface area contributed by atoms with Crippen LogP contribution in [-0.2, 0) is 10.0 Å². The van der Waals surface area contributed by atoms with Crippen molar-refractivity contribution < 1.29 is 12.8 Å². The molecule has 1 aromatic rings. The number of nitrogens with one attached hydrogen (secondary N) is 1. The number of halogens is 1. The molecule has 0 saturated heterocycles. The monoisotopic (exact) mass is 215 g/mol. The Bertz CT molecular complexity index is 425. The third-order valence-corrected chi connectivity index (χ3v) is 2.00. The molecule has 0 atom stereocenters. The van der Waals surface area contributed by atoms with Crippen LogP contribution in [0.3, 0.4) is 0 Å². The van der Waals surface area contributed by atoms with Crippen LogP contribution in [-0.4, -0.2) is 14.7 Å². The molecule has 0 heterocycles. The average molecular weight is 215 g/mol. The zero-order chi connectivity index (χ0) is 10.6. The minimum atomic E-state index is -3.39. The van der Waals surface area contributed by atoms with Crippen LogP contribution in [0.5, 0.6) is 0 Å². The van der Waals surface area contributed by atoms with E-state index < -0.39 is 15.9 Å². The lowest BCUT2D eigenvalue weighted by Gasteiger charge is -1.98. The van der Waals surface area contributed by atoms with E-state index in [0.717, 1.165) is 12.5 Å². The Morgan fingerprint density at radius 2 is 1.93 bits per heavy atom. The lowest BCUT2D eigenvalue weighted by molar-refractivity contribution is 0.596. The summed E-state index contributed by atoms with van der Waals surface area (Å²) in [4.78, 5) is 0. The van der Waals surface area contributed by atoms with Crippen LogP contribution in [0.4, 0.5) is 4.39 Å². The highest BCUT2D eigenvalue weighted by Crippen LogP contribution is 2.13. The Kier molecular flexibility index (Phi) is 3.24.